The van der Waals surface area contributed by atoms with Crippen molar-refractivity contribution in [2.45, 2.75) is 45.8 Å². The summed E-state index contributed by atoms with van der Waals surface area (Å²) in [6, 6.07) is -0.552. The number of nitrogens with zero attached hydrogens (tertiary/aromatic N) is 3. The Balaban J connectivity index is 2.96. The Morgan fingerprint density at radius 1 is 1.29 bits per heavy atom. The van der Waals surface area contributed by atoms with Crippen molar-refractivity contribution in [3.05, 3.63) is 24.3 Å². The van der Waals surface area contributed by atoms with Crippen molar-refractivity contribution in [3.63, 3.8) is 0 Å². The highest BCUT2D eigenvalue weighted by atomic mass is 16.2. The lowest BCUT2D eigenvalue weighted by molar-refractivity contribution is -0.136. The highest BCUT2D eigenvalue weighted by Crippen LogP contribution is 2.20. The molecule has 1 unspecified atom stereocenters. The van der Waals surface area contributed by atoms with Gasteiger partial charge in [0.25, 0.3) is 0 Å². The number of aromatic nitrogens is 2. The van der Waals surface area contributed by atoms with Gasteiger partial charge in [-0.1, -0.05) is 0 Å². The fourth-order valence-corrected chi connectivity index (χ4v) is 1.80. The second-order valence-corrected chi connectivity index (χ2v) is 4.43. The fraction of sp³-hybridized carbons (Fsp3) is 0.583. The standard InChI is InChI=1S/C12H20N4O/c1-8(2)16(12(17)9(3)13)10(4)11-7-14-5-6-15-11/h5-10H,13H2,1-4H3/t9-,10?/m0/s1. The molecule has 0 saturated heterocycles. The first-order valence-corrected chi connectivity index (χ1v) is 5.78. The molecule has 0 saturated carbocycles. The molecular formula is C12H20N4O. The van der Waals surface area contributed by atoms with Crippen LogP contribution in [0.2, 0.25) is 0 Å². The Morgan fingerprint density at radius 2 is 1.94 bits per heavy atom. The molecule has 1 rings (SSSR count). The zero-order valence-corrected chi connectivity index (χ0v) is 10.8. The Hall–Kier alpha value is -1.49. The molecule has 1 amide bonds. The first kappa shape index (κ1) is 13.6. The molecule has 1 aromatic rings. The summed E-state index contributed by atoms with van der Waals surface area (Å²) < 4.78 is 0. The van der Waals surface area contributed by atoms with E-state index in [9.17, 15) is 4.79 Å². The normalized spacial score (nSPS) is 14.5. The van der Waals surface area contributed by atoms with Gasteiger partial charge < -0.3 is 10.6 Å². The van der Waals surface area contributed by atoms with Crippen LogP contribution in [0.3, 0.4) is 0 Å². The SMILES string of the molecule is CC(C)N(C(=O)[C@H](C)N)C(C)c1cnccn1. The fourth-order valence-electron chi connectivity index (χ4n) is 1.80. The molecule has 5 nitrogen and oxygen atoms in total. The minimum absolute atomic E-state index is 0.0712. The van der Waals surface area contributed by atoms with Crippen LogP contribution in [0.5, 0.6) is 0 Å². The smallest absolute Gasteiger partial charge is 0.239 e. The Morgan fingerprint density at radius 3 is 2.35 bits per heavy atom. The van der Waals surface area contributed by atoms with E-state index in [2.05, 4.69) is 9.97 Å². The van der Waals surface area contributed by atoms with Gasteiger partial charge >= 0.3 is 0 Å². The van der Waals surface area contributed by atoms with E-state index in [-0.39, 0.29) is 18.0 Å². The summed E-state index contributed by atoms with van der Waals surface area (Å²) in [4.78, 5) is 22.0. The van der Waals surface area contributed by atoms with Gasteiger partial charge in [-0.2, -0.15) is 0 Å². The number of hydrogen-bond donors (Lipinski definition) is 1. The second kappa shape index (κ2) is 5.72. The molecule has 0 fully saturated rings. The third-order valence-electron chi connectivity index (χ3n) is 2.63. The average molecular weight is 236 g/mol. The van der Waals surface area contributed by atoms with E-state index in [1.54, 1.807) is 30.4 Å². The maximum Gasteiger partial charge on any atom is 0.239 e. The van der Waals surface area contributed by atoms with Gasteiger partial charge in [-0.15, -0.1) is 0 Å². The quantitative estimate of drug-likeness (QED) is 0.850. The predicted octanol–water partition coefficient (Wildman–Crippen LogP) is 1.12. The van der Waals surface area contributed by atoms with Crippen molar-refractivity contribution in [1.29, 1.82) is 0 Å². The molecule has 0 aliphatic rings. The topological polar surface area (TPSA) is 72.1 Å². The van der Waals surface area contributed by atoms with E-state index in [0.717, 1.165) is 5.69 Å². The Labute approximate surface area is 102 Å². The summed E-state index contributed by atoms with van der Waals surface area (Å²) in [6.45, 7) is 7.56. The molecule has 5 heteroatoms. The van der Waals surface area contributed by atoms with Crippen LogP contribution < -0.4 is 5.73 Å². The van der Waals surface area contributed by atoms with Crippen LogP contribution in [0.15, 0.2) is 18.6 Å². The van der Waals surface area contributed by atoms with Gasteiger partial charge in [0.05, 0.1) is 24.0 Å². The van der Waals surface area contributed by atoms with Gasteiger partial charge in [0.2, 0.25) is 5.91 Å². The lowest BCUT2D eigenvalue weighted by Gasteiger charge is -2.33. The molecule has 0 bridgehead atoms. The average Bonchev–Trinajstić information content (AvgIpc) is 2.29. The third kappa shape index (κ3) is 3.23. The van der Waals surface area contributed by atoms with Crippen molar-refractivity contribution in [3.8, 4) is 0 Å². The Bertz CT molecular complexity index is 364. The van der Waals surface area contributed by atoms with Crippen molar-refractivity contribution in [1.82, 2.24) is 14.9 Å². The molecule has 2 atom stereocenters. The molecule has 17 heavy (non-hydrogen) atoms. The minimum Gasteiger partial charge on any atom is -0.331 e. The van der Waals surface area contributed by atoms with Crippen LogP contribution in [0, 0.1) is 0 Å². The molecular weight excluding hydrogens is 216 g/mol. The second-order valence-electron chi connectivity index (χ2n) is 4.43. The highest BCUT2D eigenvalue weighted by molar-refractivity contribution is 5.81. The number of rotatable bonds is 4. The van der Waals surface area contributed by atoms with E-state index < -0.39 is 6.04 Å². The van der Waals surface area contributed by atoms with Gasteiger partial charge in [-0.05, 0) is 27.7 Å². The van der Waals surface area contributed by atoms with Crippen LogP contribution in [0.4, 0.5) is 0 Å². The summed E-state index contributed by atoms with van der Waals surface area (Å²) in [5, 5.41) is 0. The highest BCUT2D eigenvalue weighted by Gasteiger charge is 2.27. The third-order valence-corrected chi connectivity index (χ3v) is 2.63. The lowest BCUT2D eigenvalue weighted by Crippen LogP contribution is -2.46. The zero-order valence-electron chi connectivity index (χ0n) is 10.8. The summed E-state index contributed by atoms with van der Waals surface area (Å²) in [7, 11) is 0. The minimum atomic E-state index is -0.503. The molecule has 0 radical (unpaired) electrons. The number of hydrogen-bond acceptors (Lipinski definition) is 4. The molecule has 1 heterocycles. The van der Waals surface area contributed by atoms with E-state index in [0.29, 0.717) is 0 Å². The summed E-state index contributed by atoms with van der Waals surface area (Å²) in [5.41, 5.74) is 6.44. The van der Waals surface area contributed by atoms with E-state index in [4.69, 9.17) is 5.73 Å². The summed E-state index contributed by atoms with van der Waals surface area (Å²) in [5.74, 6) is -0.0712. The van der Waals surface area contributed by atoms with Crippen molar-refractivity contribution in [2.75, 3.05) is 0 Å². The maximum atomic E-state index is 12.1. The number of carbonyl (C=O) groups is 1. The number of nitrogens with two attached hydrogens (primary N) is 1. The van der Waals surface area contributed by atoms with Crippen LogP contribution in [-0.2, 0) is 4.79 Å². The van der Waals surface area contributed by atoms with Gasteiger partial charge in [0.1, 0.15) is 0 Å². The van der Waals surface area contributed by atoms with Crippen LogP contribution in [-0.4, -0.2) is 32.9 Å². The molecule has 0 aliphatic carbocycles. The maximum absolute atomic E-state index is 12.1. The van der Waals surface area contributed by atoms with Gasteiger partial charge in [0.15, 0.2) is 0 Å². The molecule has 1 aromatic heterocycles. The van der Waals surface area contributed by atoms with Crippen LogP contribution >= 0.6 is 0 Å². The Kier molecular flexibility index (Phi) is 4.57. The molecule has 0 aromatic carbocycles. The monoisotopic (exact) mass is 236 g/mol. The van der Waals surface area contributed by atoms with E-state index >= 15 is 0 Å². The molecule has 94 valence electrons. The molecule has 2 N–H and O–H groups in total. The largest absolute Gasteiger partial charge is 0.331 e. The van der Waals surface area contributed by atoms with Crippen LogP contribution in [0.1, 0.15) is 39.4 Å². The predicted molar refractivity (Wildman–Crippen MR) is 66.1 cm³/mol. The number of carbonyl (C=O) groups excluding carboxylic acids is 1. The van der Waals surface area contributed by atoms with Crippen LogP contribution in [0.25, 0.3) is 0 Å². The van der Waals surface area contributed by atoms with Crippen molar-refractivity contribution in [2.24, 2.45) is 5.73 Å². The zero-order chi connectivity index (χ0) is 13.0. The first-order valence-electron chi connectivity index (χ1n) is 5.78. The van der Waals surface area contributed by atoms with Crippen molar-refractivity contribution >= 4 is 5.91 Å². The van der Waals surface area contributed by atoms with E-state index in [1.807, 2.05) is 20.8 Å². The first-order chi connectivity index (χ1) is 7.95. The van der Waals surface area contributed by atoms with Gasteiger partial charge in [-0.3, -0.25) is 14.8 Å². The molecule has 0 aliphatic heterocycles. The molecule has 0 spiro atoms. The lowest BCUT2D eigenvalue weighted by atomic mass is 10.1. The van der Waals surface area contributed by atoms with Crippen molar-refractivity contribution < 1.29 is 4.79 Å². The van der Waals surface area contributed by atoms with Gasteiger partial charge in [-0.25, -0.2) is 0 Å². The van der Waals surface area contributed by atoms with E-state index in [1.165, 1.54) is 0 Å². The van der Waals surface area contributed by atoms with Gasteiger partial charge in [0, 0.05) is 18.4 Å². The number of amides is 1. The summed E-state index contributed by atoms with van der Waals surface area (Å²) >= 11 is 0. The summed E-state index contributed by atoms with van der Waals surface area (Å²) in [6.07, 6.45) is 4.92.